The number of para-hydroxylation sites is 1. The quantitative estimate of drug-likeness (QED) is 0.834. The first-order valence-corrected chi connectivity index (χ1v) is 8.83. The van der Waals surface area contributed by atoms with E-state index in [1.165, 1.54) is 5.56 Å². The molecule has 2 aromatic carbocycles. The summed E-state index contributed by atoms with van der Waals surface area (Å²) in [5.41, 5.74) is 3.09. The number of carbonyl (C=O) groups excluding carboxylic acids is 2. The zero-order valence-electron chi connectivity index (χ0n) is 15.7. The molecule has 0 radical (unpaired) electrons. The van der Waals surface area contributed by atoms with Crippen molar-refractivity contribution in [3.05, 3.63) is 65.2 Å². The zero-order valence-corrected chi connectivity index (χ0v) is 15.7. The highest BCUT2D eigenvalue weighted by molar-refractivity contribution is 5.98. The summed E-state index contributed by atoms with van der Waals surface area (Å²) >= 11 is 0. The Hall–Kier alpha value is -3.08. The summed E-state index contributed by atoms with van der Waals surface area (Å²) in [6.07, 6.45) is 1.73. The van der Waals surface area contributed by atoms with Crippen molar-refractivity contribution in [3.8, 4) is 5.75 Å². The normalized spacial score (nSPS) is 13.1. The Morgan fingerprint density at radius 2 is 1.78 bits per heavy atom. The highest BCUT2D eigenvalue weighted by Crippen LogP contribution is 2.26. The fourth-order valence-corrected chi connectivity index (χ4v) is 2.71. The number of amides is 1. The SMILES string of the molecule is CC(C)(C)c1ccc(NC(=O)COC(=O)C2=Cc3ccccc3OC2)cc1. The minimum Gasteiger partial charge on any atom is -0.488 e. The fourth-order valence-electron chi connectivity index (χ4n) is 2.71. The maximum Gasteiger partial charge on any atom is 0.338 e. The van der Waals surface area contributed by atoms with Gasteiger partial charge in [-0.05, 0) is 35.3 Å². The van der Waals surface area contributed by atoms with E-state index in [1.807, 2.05) is 48.5 Å². The second-order valence-corrected chi connectivity index (χ2v) is 7.45. The molecule has 0 unspecified atom stereocenters. The van der Waals surface area contributed by atoms with Gasteiger partial charge in [0.2, 0.25) is 0 Å². The molecule has 0 saturated heterocycles. The van der Waals surface area contributed by atoms with E-state index in [0.29, 0.717) is 11.3 Å². The van der Waals surface area contributed by atoms with Crippen LogP contribution < -0.4 is 10.1 Å². The molecule has 0 atom stereocenters. The minimum atomic E-state index is -0.553. The molecule has 27 heavy (non-hydrogen) atoms. The van der Waals surface area contributed by atoms with Gasteiger partial charge in [0.15, 0.2) is 6.61 Å². The number of hydrogen-bond acceptors (Lipinski definition) is 4. The molecule has 140 valence electrons. The molecule has 0 aliphatic carbocycles. The second-order valence-electron chi connectivity index (χ2n) is 7.45. The van der Waals surface area contributed by atoms with Crippen molar-refractivity contribution in [1.82, 2.24) is 0 Å². The van der Waals surface area contributed by atoms with E-state index < -0.39 is 5.97 Å². The zero-order chi connectivity index (χ0) is 19.4. The highest BCUT2D eigenvalue weighted by Gasteiger charge is 2.19. The third-order valence-corrected chi connectivity index (χ3v) is 4.26. The molecule has 2 aromatic rings. The lowest BCUT2D eigenvalue weighted by Crippen LogP contribution is -2.24. The fraction of sp³-hybridized carbons (Fsp3) is 0.273. The Morgan fingerprint density at radius 1 is 1.07 bits per heavy atom. The first kappa shape index (κ1) is 18.7. The van der Waals surface area contributed by atoms with Gasteiger partial charge in [0.25, 0.3) is 5.91 Å². The van der Waals surface area contributed by atoms with E-state index in [1.54, 1.807) is 6.08 Å². The van der Waals surface area contributed by atoms with Crippen LogP contribution >= 0.6 is 0 Å². The van der Waals surface area contributed by atoms with Crippen molar-refractivity contribution < 1.29 is 19.1 Å². The Labute approximate surface area is 159 Å². The third-order valence-electron chi connectivity index (χ3n) is 4.26. The molecule has 1 heterocycles. The largest absolute Gasteiger partial charge is 0.488 e. The van der Waals surface area contributed by atoms with Crippen LogP contribution in [0.4, 0.5) is 5.69 Å². The Morgan fingerprint density at radius 3 is 2.48 bits per heavy atom. The molecule has 1 aliphatic rings. The number of hydrogen-bond donors (Lipinski definition) is 1. The van der Waals surface area contributed by atoms with Gasteiger partial charge in [-0.3, -0.25) is 4.79 Å². The van der Waals surface area contributed by atoms with E-state index >= 15 is 0 Å². The van der Waals surface area contributed by atoms with Crippen molar-refractivity contribution >= 4 is 23.6 Å². The molecule has 0 aromatic heterocycles. The number of nitrogens with one attached hydrogen (secondary N) is 1. The average molecular weight is 365 g/mol. The highest BCUT2D eigenvalue weighted by atomic mass is 16.5. The number of fused-ring (bicyclic) bond motifs is 1. The molecule has 3 rings (SSSR count). The smallest absolute Gasteiger partial charge is 0.338 e. The molecular formula is C22H23NO4. The number of anilines is 1. The Balaban J connectivity index is 1.53. The van der Waals surface area contributed by atoms with Crippen LogP contribution in [0.3, 0.4) is 0 Å². The number of benzene rings is 2. The summed E-state index contributed by atoms with van der Waals surface area (Å²) in [7, 11) is 0. The molecular weight excluding hydrogens is 342 g/mol. The van der Waals surface area contributed by atoms with E-state index in [9.17, 15) is 9.59 Å². The number of carbonyl (C=O) groups is 2. The van der Waals surface area contributed by atoms with Crippen LogP contribution in [0.5, 0.6) is 5.75 Å². The monoisotopic (exact) mass is 365 g/mol. The molecule has 0 spiro atoms. The van der Waals surface area contributed by atoms with Gasteiger partial charge in [0.05, 0.1) is 5.57 Å². The number of esters is 1. The summed E-state index contributed by atoms with van der Waals surface area (Å²) in [5.74, 6) is -0.210. The average Bonchev–Trinajstić information content (AvgIpc) is 2.65. The minimum absolute atomic E-state index is 0.0481. The van der Waals surface area contributed by atoms with E-state index in [4.69, 9.17) is 9.47 Å². The van der Waals surface area contributed by atoms with Crippen molar-refractivity contribution in [2.45, 2.75) is 26.2 Å². The predicted molar refractivity (Wildman–Crippen MR) is 105 cm³/mol. The summed E-state index contributed by atoms with van der Waals surface area (Å²) in [6.45, 7) is 6.16. The van der Waals surface area contributed by atoms with Gasteiger partial charge in [0, 0.05) is 11.3 Å². The van der Waals surface area contributed by atoms with Gasteiger partial charge >= 0.3 is 5.97 Å². The topological polar surface area (TPSA) is 64.6 Å². The van der Waals surface area contributed by atoms with E-state index in [0.717, 1.165) is 11.3 Å². The third kappa shape index (κ3) is 4.76. The maximum absolute atomic E-state index is 12.2. The summed E-state index contributed by atoms with van der Waals surface area (Å²) < 4.78 is 10.6. The maximum atomic E-state index is 12.2. The predicted octanol–water partition coefficient (Wildman–Crippen LogP) is 3.94. The lowest BCUT2D eigenvalue weighted by Gasteiger charge is -2.19. The van der Waals surface area contributed by atoms with Gasteiger partial charge in [-0.25, -0.2) is 4.79 Å². The summed E-state index contributed by atoms with van der Waals surface area (Å²) in [4.78, 5) is 24.2. The van der Waals surface area contributed by atoms with Crippen molar-refractivity contribution in [3.63, 3.8) is 0 Å². The summed E-state index contributed by atoms with van der Waals surface area (Å²) in [5, 5.41) is 2.73. The molecule has 0 bridgehead atoms. The van der Waals surface area contributed by atoms with Crippen LogP contribution in [0.25, 0.3) is 6.08 Å². The van der Waals surface area contributed by atoms with Crippen LogP contribution in [0.1, 0.15) is 31.9 Å². The molecule has 5 heteroatoms. The van der Waals surface area contributed by atoms with Gasteiger partial charge in [-0.2, -0.15) is 0 Å². The van der Waals surface area contributed by atoms with Gasteiger partial charge in [0.1, 0.15) is 12.4 Å². The van der Waals surface area contributed by atoms with Crippen LogP contribution in [-0.2, 0) is 19.7 Å². The first-order valence-electron chi connectivity index (χ1n) is 8.83. The standard InChI is InChI=1S/C22H23NO4/c1-22(2,3)17-8-10-18(11-9-17)23-20(24)14-27-21(25)16-12-15-6-4-5-7-19(15)26-13-16/h4-12H,13-14H2,1-3H3,(H,23,24). The molecule has 0 fully saturated rings. The van der Waals surface area contributed by atoms with E-state index in [2.05, 4.69) is 26.1 Å². The molecule has 0 saturated carbocycles. The van der Waals surface area contributed by atoms with E-state index in [-0.39, 0.29) is 24.5 Å². The Bertz CT molecular complexity index is 876. The number of ether oxygens (including phenoxy) is 2. The molecule has 1 N–H and O–H groups in total. The lowest BCUT2D eigenvalue weighted by molar-refractivity contribution is -0.143. The first-order chi connectivity index (χ1) is 12.8. The molecule has 1 aliphatic heterocycles. The van der Waals surface area contributed by atoms with Crippen LogP contribution in [0.2, 0.25) is 0 Å². The van der Waals surface area contributed by atoms with Crippen molar-refractivity contribution in [2.24, 2.45) is 0 Å². The summed E-state index contributed by atoms with van der Waals surface area (Å²) in [6, 6.07) is 15.1. The van der Waals surface area contributed by atoms with Crippen molar-refractivity contribution in [2.75, 3.05) is 18.5 Å². The van der Waals surface area contributed by atoms with Gasteiger partial charge in [-0.15, -0.1) is 0 Å². The molecule has 1 amide bonds. The number of rotatable bonds is 4. The second kappa shape index (κ2) is 7.66. The van der Waals surface area contributed by atoms with Crippen LogP contribution in [0.15, 0.2) is 54.1 Å². The van der Waals surface area contributed by atoms with Crippen molar-refractivity contribution in [1.29, 1.82) is 0 Å². The van der Waals surface area contributed by atoms with Crippen LogP contribution in [-0.4, -0.2) is 25.1 Å². The van der Waals surface area contributed by atoms with Gasteiger partial charge < -0.3 is 14.8 Å². The van der Waals surface area contributed by atoms with Gasteiger partial charge in [-0.1, -0.05) is 51.1 Å². The lowest BCUT2D eigenvalue weighted by atomic mass is 9.87. The Kier molecular flexibility index (Phi) is 5.31. The van der Waals surface area contributed by atoms with Crippen LogP contribution in [0, 0.1) is 0 Å². The molecule has 5 nitrogen and oxygen atoms in total.